The maximum absolute atomic E-state index is 12.7. The third kappa shape index (κ3) is 6.32. The molecule has 0 unspecified atom stereocenters. The first-order chi connectivity index (χ1) is 16.5. The van der Waals surface area contributed by atoms with Gasteiger partial charge in [-0.15, -0.1) is 0 Å². The normalized spacial score (nSPS) is 10.4. The van der Waals surface area contributed by atoms with Crippen LogP contribution in [0.2, 0.25) is 0 Å². The van der Waals surface area contributed by atoms with E-state index in [1.165, 1.54) is 4.90 Å². The van der Waals surface area contributed by atoms with Crippen LogP contribution in [0.15, 0.2) is 48.5 Å². The van der Waals surface area contributed by atoms with Crippen molar-refractivity contribution in [3.05, 3.63) is 54.2 Å². The van der Waals surface area contributed by atoms with E-state index in [4.69, 9.17) is 14.7 Å². The van der Waals surface area contributed by atoms with Gasteiger partial charge in [0.1, 0.15) is 5.75 Å². The van der Waals surface area contributed by atoms with E-state index in [0.717, 1.165) is 5.52 Å². The first-order valence-electron chi connectivity index (χ1n) is 10.8. The number of hydrogen-bond acceptors (Lipinski definition) is 7. The number of hydrogen-bond donors (Lipinski definition) is 2. The number of aromatic nitrogens is 2. The molecule has 2 amide bonds. The molecule has 3 rings (SSSR count). The van der Waals surface area contributed by atoms with Crippen LogP contribution in [0.1, 0.15) is 30.3 Å². The number of ether oxygens (including phenoxy) is 2. The lowest BCUT2D eigenvalue weighted by molar-refractivity contribution is -0.147. The molecule has 1 heterocycles. The van der Waals surface area contributed by atoms with Crippen molar-refractivity contribution in [2.75, 3.05) is 31.2 Å². The van der Waals surface area contributed by atoms with Crippen molar-refractivity contribution in [1.82, 2.24) is 15.5 Å². The van der Waals surface area contributed by atoms with E-state index in [0.29, 0.717) is 23.4 Å². The summed E-state index contributed by atoms with van der Waals surface area (Å²) in [4.78, 5) is 38.5. The van der Waals surface area contributed by atoms with E-state index < -0.39 is 24.4 Å². The minimum Gasteiger partial charge on any atom is -0.494 e. The number of nitrogens with zero attached hydrogens (tertiary/aromatic N) is 3. The third-order valence-electron chi connectivity index (χ3n) is 4.86. The van der Waals surface area contributed by atoms with Gasteiger partial charge in [-0.3, -0.25) is 19.5 Å². The predicted octanol–water partition coefficient (Wildman–Crippen LogP) is 2.57. The molecular weight excluding hydrogens is 438 g/mol. The van der Waals surface area contributed by atoms with E-state index in [1.54, 1.807) is 42.5 Å². The van der Waals surface area contributed by atoms with Gasteiger partial charge < -0.3 is 19.7 Å². The van der Waals surface area contributed by atoms with Crippen LogP contribution < -0.4 is 15.0 Å². The highest BCUT2D eigenvalue weighted by atomic mass is 16.5. The summed E-state index contributed by atoms with van der Waals surface area (Å²) in [6, 6.07) is 16.1. The number of fused-ring (bicyclic) bond motifs is 1. The number of esters is 1. The van der Waals surface area contributed by atoms with Crippen molar-refractivity contribution in [3.63, 3.8) is 0 Å². The van der Waals surface area contributed by atoms with E-state index in [1.807, 2.05) is 19.1 Å². The first-order valence-corrected chi connectivity index (χ1v) is 10.8. The van der Waals surface area contributed by atoms with Crippen LogP contribution in [0.25, 0.3) is 10.9 Å². The van der Waals surface area contributed by atoms with Crippen molar-refractivity contribution in [2.24, 2.45) is 0 Å². The molecule has 10 nitrogen and oxygen atoms in total. The molecule has 0 radical (unpaired) electrons. The molecule has 10 heteroatoms. The van der Waals surface area contributed by atoms with Gasteiger partial charge in [-0.1, -0.05) is 18.2 Å². The van der Waals surface area contributed by atoms with Gasteiger partial charge in [0.05, 0.1) is 31.0 Å². The monoisotopic (exact) mass is 463 g/mol. The lowest BCUT2D eigenvalue weighted by atomic mass is 10.2. The summed E-state index contributed by atoms with van der Waals surface area (Å²) in [5.41, 5.74) is 1.54. The summed E-state index contributed by atoms with van der Waals surface area (Å²) in [5, 5.41) is 19.0. The zero-order valence-corrected chi connectivity index (χ0v) is 18.7. The Balaban J connectivity index is 1.48. The quantitative estimate of drug-likeness (QED) is 0.417. The van der Waals surface area contributed by atoms with E-state index >= 15 is 0 Å². The minimum absolute atomic E-state index is 0.0318. The van der Waals surface area contributed by atoms with E-state index in [2.05, 4.69) is 15.5 Å². The minimum atomic E-state index is -0.632. The Kier molecular flexibility index (Phi) is 8.57. The third-order valence-corrected chi connectivity index (χ3v) is 4.86. The summed E-state index contributed by atoms with van der Waals surface area (Å²) in [5.74, 6) is -0.845. The molecule has 34 heavy (non-hydrogen) atoms. The Morgan fingerprint density at radius 2 is 1.91 bits per heavy atom. The summed E-state index contributed by atoms with van der Waals surface area (Å²) in [6.45, 7) is 2.11. The molecule has 0 aliphatic carbocycles. The number of nitrogens with one attached hydrogen (secondary N) is 2. The number of anilines is 1. The Morgan fingerprint density at radius 1 is 1.15 bits per heavy atom. The van der Waals surface area contributed by atoms with Crippen molar-refractivity contribution < 1.29 is 23.9 Å². The lowest BCUT2D eigenvalue weighted by Gasteiger charge is -2.22. The standard InChI is InChI=1S/C24H25N5O5/c1-2-33-18-10-8-17(9-11-18)29(15-5-13-25)21(30)16-34-22(31)12-14-26-24(32)23-19-6-3-4-7-20(19)27-28-23/h3-4,6-11H,2,5,12,14-16H2,1H3,(H,26,32)(H,27,28). The molecule has 0 saturated heterocycles. The van der Waals surface area contributed by atoms with Gasteiger partial charge >= 0.3 is 5.97 Å². The summed E-state index contributed by atoms with van der Waals surface area (Å²) >= 11 is 0. The molecule has 0 bridgehead atoms. The van der Waals surface area contributed by atoms with Crippen molar-refractivity contribution in [3.8, 4) is 11.8 Å². The first kappa shape index (κ1) is 24.3. The van der Waals surface area contributed by atoms with Crippen molar-refractivity contribution in [1.29, 1.82) is 5.26 Å². The van der Waals surface area contributed by atoms with Crippen molar-refractivity contribution in [2.45, 2.75) is 19.8 Å². The number of carbonyl (C=O) groups excluding carboxylic acids is 3. The Hall–Kier alpha value is -4.39. The van der Waals surface area contributed by atoms with Gasteiger partial charge in [-0.25, -0.2) is 0 Å². The molecule has 2 aromatic carbocycles. The highest BCUT2D eigenvalue weighted by Gasteiger charge is 2.18. The van der Waals surface area contributed by atoms with Crippen molar-refractivity contribution >= 4 is 34.4 Å². The highest BCUT2D eigenvalue weighted by Crippen LogP contribution is 2.20. The second kappa shape index (κ2) is 12.0. The number of amides is 2. The van der Waals surface area contributed by atoms with Crippen LogP contribution in [0.3, 0.4) is 0 Å². The number of rotatable bonds is 11. The smallest absolute Gasteiger partial charge is 0.308 e. The molecule has 0 aliphatic rings. The molecule has 0 fully saturated rings. The molecule has 176 valence electrons. The average molecular weight is 463 g/mol. The maximum Gasteiger partial charge on any atom is 0.308 e. The number of aromatic amines is 1. The van der Waals surface area contributed by atoms with Gasteiger partial charge in [-0.05, 0) is 37.3 Å². The lowest BCUT2D eigenvalue weighted by Crippen LogP contribution is -2.36. The molecule has 0 saturated carbocycles. The average Bonchev–Trinajstić information content (AvgIpc) is 3.28. The number of benzene rings is 2. The molecule has 3 aromatic rings. The molecule has 2 N–H and O–H groups in total. The maximum atomic E-state index is 12.7. The van der Waals surface area contributed by atoms with Crippen LogP contribution >= 0.6 is 0 Å². The number of carbonyl (C=O) groups is 3. The van der Waals surface area contributed by atoms with E-state index in [9.17, 15) is 14.4 Å². The van der Waals surface area contributed by atoms with Gasteiger partial charge in [0.2, 0.25) is 0 Å². The van der Waals surface area contributed by atoms with Crippen LogP contribution in [-0.2, 0) is 14.3 Å². The summed E-state index contributed by atoms with van der Waals surface area (Å²) < 4.78 is 10.5. The number of para-hydroxylation sites is 1. The fraction of sp³-hybridized carbons (Fsp3) is 0.292. The van der Waals surface area contributed by atoms with Crippen LogP contribution in [-0.4, -0.2) is 54.3 Å². The van der Waals surface area contributed by atoms with Crippen LogP contribution in [0, 0.1) is 11.3 Å². The summed E-state index contributed by atoms with van der Waals surface area (Å²) in [7, 11) is 0. The largest absolute Gasteiger partial charge is 0.494 e. The van der Waals surface area contributed by atoms with Crippen LogP contribution in [0.5, 0.6) is 5.75 Å². The van der Waals surface area contributed by atoms with E-state index in [-0.39, 0.29) is 31.6 Å². The second-order valence-corrected chi connectivity index (χ2v) is 7.16. The molecule has 0 atom stereocenters. The Labute approximate surface area is 196 Å². The Bertz CT molecular complexity index is 1180. The van der Waals surface area contributed by atoms with Gasteiger partial charge in [0.25, 0.3) is 11.8 Å². The predicted molar refractivity (Wildman–Crippen MR) is 124 cm³/mol. The summed E-state index contributed by atoms with van der Waals surface area (Å²) in [6.07, 6.45) is 0.0173. The zero-order valence-electron chi connectivity index (χ0n) is 18.7. The topological polar surface area (TPSA) is 137 Å². The zero-order chi connectivity index (χ0) is 24.3. The SMILES string of the molecule is CCOc1ccc(N(CCC#N)C(=O)COC(=O)CCNC(=O)c2n[nH]c3ccccc23)cc1. The molecular formula is C24H25N5O5. The van der Waals surface area contributed by atoms with Crippen LogP contribution in [0.4, 0.5) is 5.69 Å². The Morgan fingerprint density at radius 3 is 2.65 bits per heavy atom. The number of nitriles is 1. The fourth-order valence-electron chi connectivity index (χ4n) is 3.24. The van der Waals surface area contributed by atoms with Gasteiger partial charge in [0.15, 0.2) is 12.3 Å². The van der Waals surface area contributed by atoms with Gasteiger partial charge in [0, 0.05) is 24.2 Å². The molecule has 1 aromatic heterocycles. The number of H-pyrrole nitrogens is 1. The molecule has 0 aliphatic heterocycles. The fourth-order valence-corrected chi connectivity index (χ4v) is 3.24. The molecule has 0 spiro atoms. The highest BCUT2D eigenvalue weighted by molar-refractivity contribution is 6.04. The van der Waals surface area contributed by atoms with Gasteiger partial charge in [-0.2, -0.15) is 10.4 Å². The second-order valence-electron chi connectivity index (χ2n) is 7.16.